The maximum atomic E-state index is 12.1. The van der Waals surface area contributed by atoms with E-state index in [-0.39, 0.29) is 5.91 Å². The molecule has 6 heteroatoms. The van der Waals surface area contributed by atoms with Gasteiger partial charge in [0, 0.05) is 22.4 Å². The number of halogens is 1. The number of hydrogen-bond donors (Lipinski definition) is 1. The highest BCUT2D eigenvalue weighted by molar-refractivity contribution is 6.32. The summed E-state index contributed by atoms with van der Waals surface area (Å²) in [4.78, 5) is 12.1. The van der Waals surface area contributed by atoms with Gasteiger partial charge in [0.15, 0.2) is 0 Å². The molecule has 1 aromatic heterocycles. The Morgan fingerprint density at radius 2 is 1.83 bits per heavy atom. The van der Waals surface area contributed by atoms with E-state index < -0.39 is 5.41 Å². The van der Waals surface area contributed by atoms with Crippen LogP contribution in [0.5, 0.6) is 0 Å². The zero-order chi connectivity index (χ0) is 22.1. The summed E-state index contributed by atoms with van der Waals surface area (Å²) in [5.74, 6) is -0.0143. The molecule has 1 heterocycles. The Balaban J connectivity index is 1.82. The van der Waals surface area contributed by atoms with Gasteiger partial charge in [-0.3, -0.25) is 9.48 Å². The van der Waals surface area contributed by atoms with E-state index in [1.54, 1.807) is 6.07 Å². The van der Waals surface area contributed by atoms with Gasteiger partial charge in [-0.2, -0.15) is 10.4 Å². The molecule has 0 spiro atoms. The number of carbonyl (C=O) groups is 1. The Labute approximate surface area is 182 Å². The molecule has 0 bridgehead atoms. The smallest absolute Gasteiger partial charge is 0.229 e. The molecule has 2 aromatic carbocycles. The molecular weight excluding hydrogens is 396 g/mol. The lowest BCUT2D eigenvalue weighted by Crippen LogP contribution is -2.27. The van der Waals surface area contributed by atoms with E-state index >= 15 is 0 Å². The molecule has 1 amide bonds. The van der Waals surface area contributed by atoms with Crippen molar-refractivity contribution in [3.63, 3.8) is 0 Å². The summed E-state index contributed by atoms with van der Waals surface area (Å²) in [6, 6.07) is 15.3. The van der Waals surface area contributed by atoms with Crippen molar-refractivity contribution in [2.45, 2.75) is 41.2 Å². The minimum atomic E-state index is -0.437. The fraction of sp³-hybridized carbons (Fsp3) is 0.292. The summed E-state index contributed by atoms with van der Waals surface area (Å²) in [5, 5.41) is 17.2. The molecule has 0 aliphatic carbocycles. The van der Waals surface area contributed by atoms with Gasteiger partial charge in [-0.25, -0.2) is 0 Å². The van der Waals surface area contributed by atoms with Crippen LogP contribution >= 0.6 is 11.6 Å². The average Bonchev–Trinajstić information content (AvgIpc) is 2.95. The Hall–Kier alpha value is -3.10. The van der Waals surface area contributed by atoms with Crippen molar-refractivity contribution < 1.29 is 4.79 Å². The minimum Gasteiger partial charge on any atom is -0.326 e. The number of nitrogens with one attached hydrogen (secondary N) is 1. The van der Waals surface area contributed by atoms with Crippen LogP contribution in [0.1, 0.15) is 43.3 Å². The number of rotatable bonds is 4. The summed E-state index contributed by atoms with van der Waals surface area (Å²) < 4.78 is 1.96. The first kappa shape index (κ1) is 21.6. The van der Waals surface area contributed by atoms with E-state index in [9.17, 15) is 4.79 Å². The quantitative estimate of drug-likeness (QED) is 0.586. The van der Waals surface area contributed by atoms with Crippen LogP contribution in [0.4, 0.5) is 5.69 Å². The number of carbonyl (C=O) groups excluding carboxylic acids is 1. The second-order valence-corrected chi connectivity index (χ2v) is 8.82. The van der Waals surface area contributed by atoms with Crippen molar-refractivity contribution >= 4 is 23.2 Å². The molecule has 0 saturated heterocycles. The van der Waals surface area contributed by atoms with E-state index in [4.69, 9.17) is 22.0 Å². The highest BCUT2D eigenvalue weighted by Gasteiger charge is 2.21. The molecule has 0 radical (unpaired) electrons. The van der Waals surface area contributed by atoms with Crippen LogP contribution in [-0.2, 0) is 11.3 Å². The summed E-state index contributed by atoms with van der Waals surface area (Å²) in [6.45, 7) is 10.3. The SMILES string of the molecule is Cc1nn(Cc2ccc(NC(=O)C(C)(C)C)cc2)c(C)c1-c1ccc(C#N)c(Cl)c1. The van der Waals surface area contributed by atoms with Crippen molar-refractivity contribution in [3.05, 3.63) is 70.0 Å². The number of hydrogen-bond acceptors (Lipinski definition) is 3. The second-order valence-electron chi connectivity index (χ2n) is 8.41. The van der Waals surface area contributed by atoms with Gasteiger partial charge in [0.1, 0.15) is 6.07 Å². The number of aromatic nitrogens is 2. The van der Waals surface area contributed by atoms with Crippen LogP contribution in [0.3, 0.4) is 0 Å². The van der Waals surface area contributed by atoms with Gasteiger partial charge in [0.05, 0.1) is 22.8 Å². The lowest BCUT2D eigenvalue weighted by atomic mass is 9.95. The molecule has 3 aromatic rings. The first-order valence-electron chi connectivity index (χ1n) is 9.74. The second kappa shape index (κ2) is 8.33. The molecule has 1 N–H and O–H groups in total. The Morgan fingerprint density at radius 3 is 2.40 bits per heavy atom. The molecule has 0 saturated carbocycles. The van der Waals surface area contributed by atoms with E-state index in [1.165, 1.54) is 0 Å². The van der Waals surface area contributed by atoms with Crippen LogP contribution in [0, 0.1) is 30.6 Å². The monoisotopic (exact) mass is 420 g/mol. The third kappa shape index (κ3) is 4.55. The van der Waals surface area contributed by atoms with Gasteiger partial charge in [-0.1, -0.05) is 50.6 Å². The molecule has 0 unspecified atom stereocenters. The first-order valence-corrected chi connectivity index (χ1v) is 10.1. The lowest BCUT2D eigenvalue weighted by Gasteiger charge is -2.17. The topological polar surface area (TPSA) is 70.7 Å². The van der Waals surface area contributed by atoms with E-state index in [0.717, 1.165) is 33.8 Å². The Kier molecular flexibility index (Phi) is 6.00. The highest BCUT2D eigenvalue weighted by atomic mass is 35.5. The minimum absolute atomic E-state index is 0.0143. The van der Waals surface area contributed by atoms with Gasteiger partial charge in [-0.05, 0) is 49.2 Å². The third-order valence-corrected chi connectivity index (χ3v) is 5.30. The maximum absolute atomic E-state index is 12.1. The predicted molar refractivity (Wildman–Crippen MR) is 120 cm³/mol. The Morgan fingerprint density at radius 1 is 1.17 bits per heavy atom. The highest BCUT2D eigenvalue weighted by Crippen LogP contribution is 2.30. The number of benzene rings is 2. The number of nitriles is 1. The van der Waals surface area contributed by atoms with Crippen LogP contribution in [0.15, 0.2) is 42.5 Å². The molecule has 30 heavy (non-hydrogen) atoms. The largest absolute Gasteiger partial charge is 0.326 e. The normalized spacial score (nSPS) is 11.2. The van der Waals surface area contributed by atoms with Crippen molar-refractivity contribution in [2.24, 2.45) is 5.41 Å². The summed E-state index contributed by atoms with van der Waals surface area (Å²) in [5.41, 5.74) is 5.78. The molecule has 3 rings (SSSR count). The fourth-order valence-electron chi connectivity index (χ4n) is 3.21. The molecule has 0 atom stereocenters. The summed E-state index contributed by atoms with van der Waals surface area (Å²) in [7, 11) is 0. The van der Waals surface area contributed by atoms with Gasteiger partial charge in [-0.15, -0.1) is 0 Å². The zero-order valence-corrected chi connectivity index (χ0v) is 18.6. The maximum Gasteiger partial charge on any atom is 0.229 e. The van der Waals surface area contributed by atoms with Crippen LogP contribution in [0.2, 0.25) is 5.02 Å². The van der Waals surface area contributed by atoms with Crippen molar-refractivity contribution in [3.8, 4) is 17.2 Å². The van der Waals surface area contributed by atoms with E-state index in [1.807, 2.05) is 75.7 Å². The Bertz CT molecular complexity index is 1130. The lowest BCUT2D eigenvalue weighted by molar-refractivity contribution is -0.123. The van der Waals surface area contributed by atoms with E-state index in [2.05, 4.69) is 11.4 Å². The summed E-state index contributed by atoms with van der Waals surface area (Å²) >= 11 is 6.22. The van der Waals surface area contributed by atoms with E-state index in [0.29, 0.717) is 17.1 Å². The number of nitrogens with zero attached hydrogens (tertiary/aromatic N) is 3. The molecule has 0 aliphatic rings. The number of anilines is 1. The van der Waals surface area contributed by atoms with Gasteiger partial charge in [0.2, 0.25) is 5.91 Å². The molecule has 0 aliphatic heterocycles. The molecular formula is C24H25ClN4O. The van der Waals surface area contributed by atoms with Crippen molar-refractivity contribution in [1.29, 1.82) is 5.26 Å². The van der Waals surface area contributed by atoms with Gasteiger partial charge < -0.3 is 5.32 Å². The number of aryl methyl sites for hydroxylation is 1. The molecule has 0 fully saturated rings. The number of amides is 1. The average molecular weight is 421 g/mol. The zero-order valence-electron chi connectivity index (χ0n) is 17.9. The molecule has 5 nitrogen and oxygen atoms in total. The van der Waals surface area contributed by atoms with Crippen molar-refractivity contribution in [1.82, 2.24) is 9.78 Å². The van der Waals surface area contributed by atoms with Crippen LogP contribution < -0.4 is 5.32 Å². The van der Waals surface area contributed by atoms with Crippen LogP contribution in [-0.4, -0.2) is 15.7 Å². The third-order valence-electron chi connectivity index (χ3n) is 4.99. The van der Waals surface area contributed by atoms with Crippen LogP contribution in [0.25, 0.3) is 11.1 Å². The first-order chi connectivity index (χ1) is 14.1. The predicted octanol–water partition coefficient (Wildman–Crippen LogP) is 5.72. The summed E-state index contributed by atoms with van der Waals surface area (Å²) in [6.07, 6.45) is 0. The fourth-order valence-corrected chi connectivity index (χ4v) is 3.44. The molecule has 154 valence electrons. The standard InChI is InChI=1S/C24H25ClN4O/c1-15-22(18-8-9-19(13-26)21(25)12-18)16(2)29(28-15)14-17-6-10-20(11-7-17)27-23(30)24(3,4)5/h6-12H,14H2,1-5H3,(H,27,30). The van der Waals surface area contributed by atoms with Crippen molar-refractivity contribution in [2.75, 3.05) is 5.32 Å². The van der Waals surface area contributed by atoms with Gasteiger partial charge in [0.25, 0.3) is 0 Å². The van der Waals surface area contributed by atoms with Gasteiger partial charge >= 0.3 is 0 Å².